The Hall–Kier alpha value is -1.30. The van der Waals surface area contributed by atoms with Crippen molar-refractivity contribution in [2.24, 2.45) is 5.92 Å². The molecule has 1 aromatic rings. The molecule has 7 heteroatoms. The number of halogens is 2. The van der Waals surface area contributed by atoms with Crippen LogP contribution in [0.5, 0.6) is 0 Å². The van der Waals surface area contributed by atoms with Crippen LogP contribution >= 0.6 is 23.2 Å². The Bertz CT molecular complexity index is 697. The number of hydrogen-bond donors (Lipinski definition) is 1. The van der Waals surface area contributed by atoms with Gasteiger partial charge in [-0.25, -0.2) is 9.69 Å². The Labute approximate surface area is 158 Å². The van der Waals surface area contributed by atoms with Gasteiger partial charge in [0.05, 0.1) is 16.7 Å². The van der Waals surface area contributed by atoms with Crippen LogP contribution in [-0.4, -0.2) is 41.0 Å². The summed E-state index contributed by atoms with van der Waals surface area (Å²) in [5.74, 6) is 0.0776. The number of nitrogens with one attached hydrogen (secondary N) is 1. The molecular weight excluding hydrogens is 361 g/mol. The van der Waals surface area contributed by atoms with Gasteiger partial charge in [0.1, 0.15) is 5.54 Å². The van der Waals surface area contributed by atoms with E-state index in [0.717, 1.165) is 31.2 Å². The first-order valence-electron chi connectivity index (χ1n) is 8.60. The molecular formula is C18H23Cl2N3O2. The van der Waals surface area contributed by atoms with Crippen LogP contribution in [0.4, 0.5) is 4.79 Å². The van der Waals surface area contributed by atoms with Gasteiger partial charge in [-0.2, -0.15) is 0 Å². The monoisotopic (exact) mass is 383 g/mol. The quantitative estimate of drug-likeness (QED) is 0.802. The van der Waals surface area contributed by atoms with E-state index in [-0.39, 0.29) is 24.5 Å². The summed E-state index contributed by atoms with van der Waals surface area (Å²) < 4.78 is 0. The fraction of sp³-hybridized carbons (Fsp3) is 0.556. The van der Waals surface area contributed by atoms with Gasteiger partial charge in [0.15, 0.2) is 0 Å². The largest absolute Gasteiger partial charge is 0.326 e. The molecule has 1 heterocycles. The fourth-order valence-electron chi connectivity index (χ4n) is 3.86. The lowest BCUT2D eigenvalue weighted by molar-refractivity contribution is -0.135. The number of nitrogens with zero attached hydrogens (tertiary/aromatic N) is 2. The van der Waals surface area contributed by atoms with Crippen molar-refractivity contribution in [3.8, 4) is 0 Å². The van der Waals surface area contributed by atoms with E-state index in [1.807, 2.05) is 18.0 Å². The Kier molecular flexibility index (Phi) is 5.28. The molecule has 1 aliphatic heterocycles. The Morgan fingerprint density at radius 2 is 2.04 bits per heavy atom. The van der Waals surface area contributed by atoms with Gasteiger partial charge < -0.3 is 5.32 Å². The first kappa shape index (κ1) is 18.5. The lowest BCUT2D eigenvalue weighted by Crippen LogP contribution is -2.54. The van der Waals surface area contributed by atoms with E-state index in [2.05, 4.69) is 12.2 Å². The molecule has 1 aliphatic carbocycles. The molecule has 0 radical (unpaired) electrons. The van der Waals surface area contributed by atoms with Gasteiger partial charge >= 0.3 is 6.03 Å². The molecule has 2 fully saturated rings. The van der Waals surface area contributed by atoms with Crippen molar-refractivity contribution >= 4 is 35.1 Å². The average Bonchev–Trinajstić information content (AvgIpc) is 2.79. The minimum atomic E-state index is -0.709. The number of amides is 3. The number of carbonyl (C=O) groups excluding carboxylic acids is 2. The summed E-state index contributed by atoms with van der Waals surface area (Å²) in [6, 6.07) is 5.15. The summed E-state index contributed by atoms with van der Waals surface area (Å²) in [4.78, 5) is 28.6. The minimum absolute atomic E-state index is 0.0920. The van der Waals surface area contributed by atoms with Gasteiger partial charge in [0.25, 0.3) is 5.91 Å². The highest BCUT2D eigenvalue weighted by Gasteiger charge is 2.54. The van der Waals surface area contributed by atoms with E-state index >= 15 is 0 Å². The average molecular weight is 384 g/mol. The van der Waals surface area contributed by atoms with Gasteiger partial charge in [-0.3, -0.25) is 9.69 Å². The molecule has 3 amide bonds. The number of urea groups is 1. The SMILES string of the molecule is C[C@@H]1CCCC[C@@]12NC(=O)N(CN(C)Cc1ccc(Cl)c(Cl)c1)C2=O. The Morgan fingerprint density at radius 3 is 2.72 bits per heavy atom. The molecule has 2 aliphatic rings. The van der Waals surface area contributed by atoms with Crippen molar-refractivity contribution in [3.63, 3.8) is 0 Å². The molecule has 1 spiro atoms. The molecule has 136 valence electrons. The van der Waals surface area contributed by atoms with E-state index in [4.69, 9.17) is 23.2 Å². The second-order valence-corrected chi connectivity index (χ2v) is 8.00. The van der Waals surface area contributed by atoms with E-state index in [0.29, 0.717) is 16.6 Å². The highest BCUT2D eigenvalue weighted by molar-refractivity contribution is 6.42. The second-order valence-electron chi connectivity index (χ2n) is 7.19. The van der Waals surface area contributed by atoms with Gasteiger partial charge in [-0.05, 0) is 43.5 Å². The number of carbonyl (C=O) groups is 2. The van der Waals surface area contributed by atoms with Crippen LogP contribution in [0.2, 0.25) is 10.0 Å². The molecule has 0 unspecified atom stereocenters. The zero-order valence-corrected chi connectivity index (χ0v) is 16.0. The van der Waals surface area contributed by atoms with E-state index in [1.54, 1.807) is 12.1 Å². The van der Waals surface area contributed by atoms with Crippen molar-refractivity contribution < 1.29 is 9.59 Å². The lowest BCUT2D eigenvalue weighted by atomic mass is 9.73. The molecule has 0 aromatic heterocycles. The van der Waals surface area contributed by atoms with Crippen LogP contribution in [0.3, 0.4) is 0 Å². The lowest BCUT2D eigenvalue weighted by Gasteiger charge is -2.37. The van der Waals surface area contributed by atoms with Crippen LogP contribution in [0.25, 0.3) is 0 Å². The predicted octanol–water partition coefficient (Wildman–Crippen LogP) is 3.88. The molecule has 5 nitrogen and oxygen atoms in total. The Morgan fingerprint density at radius 1 is 1.28 bits per heavy atom. The van der Waals surface area contributed by atoms with Gasteiger partial charge in [-0.1, -0.05) is 49.0 Å². The van der Waals surface area contributed by atoms with Crippen molar-refractivity contribution in [2.45, 2.75) is 44.7 Å². The highest BCUT2D eigenvalue weighted by Crippen LogP contribution is 2.38. The second kappa shape index (κ2) is 7.14. The maximum atomic E-state index is 13.0. The van der Waals surface area contributed by atoms with E-state index in [9.17, 15) is 9.59 Å². The summed E-state index contributed by atoms with van der Waals surface area (Å²) in [6.45, 7) is 2.87. The van der Waals surface area contributed by atoms with Crippen molar-refractivity contribution in [3.05, 3.63) is 33.8 Å². The normalized spacial score (nSPS) is 26.6. The zero-order valence-electron chi connectivity index (χ0n) is 14.5. The third-order valence-corrected chi connectivity index (χ3v) is 6.06. The third kappa shape index (κ3) is 3.50. The summed E-state index contributed by atoms with van der Waals surface area (Å²) >= 11 is 12.0. The number of rotatable bonds is 4. The molecule has 0 bridgehead atoms. The molecule has 1 aromatic carbocycles. The predicted molar refractivity (Wildman–Crippen MR) is 98.5 cm³/mol. The smallest absolute Gasteiger partial charge is 0.323 e. The van der Waals surface area contributed by atoms with Crippen molar-refractivity contribution in [1.29, 1.82) is 0 Å². The summed E-state index contributed by atoms with van der Waals surface area (Å²) in [7, 11) is 1.87. The van der Waals surface area contributed by atoms with Crippen molar-refractivity contribution in [2.75, 3.05) is 13.7 Å². The van der Waals surface area contributed by atoms with E-state index in [1.165, 1.54) is 4.90 Å². The van der Waals surface area contributed by atoms with Crippen LogP contribution in [0, 0.1) is 5.92 Å². The maximum Gasteiger partial charge on any atom is 0.326 e. The number of imide groups is 1. The van der Waals surface area contributed by atoms with Gasteiger partial charge in [0.2, 0.25) is 0 Å². The van der Waals surface area contributed by atoms with Gasteiger partial charge in [-0.15, -0.1) is 0 Å². The maximum absolute atomic E-state index is 13.0. The zero-order chi connectivity index (χ0) is 18.2. The Balaban J connectivity index is 1.68. The standard InChI is InChI=1S/C18H23Cl2N3O2/c1-12-5-3-4-8-18(12)16(24)23(17(25)21-18)11-22(2)10-13-6-7-14(19)15(20)9-13/h6-7,9,12H,3-5,8,10-11H2,1-2H3,(H,21,25)/t12-,18-/m1/s1. The molecule has 25 heavy (non-hydrogen) atoms. The van der Waals surface area contributed by atoms with Gasteiger partial charge in [0, 0.05) is 6.54 Å². The topological polar surface area (TPSA) is 52.7 Å². The minimum Gasteiger partial charge on any atom is -0.323 e. The van der Waals surface area contributed by atoms with E-state index < -0.39 is 5.54 Å². The molecule has 1 saturated heterocycles. The first-order chi connectivity index (χ1) is 11.8. The van der Waals surface area contributed by atoms with Crippen LogP contribution in [0.1, 0.15) is 38.2 Å². The summed E-state index contributed by atoms with van der Waals surface area (Å²) in [5.41, 5.74) is 0.268. The molecule has 1 saturated carbocycles. The third-order valence-electron chi connectivity index (χ3n) is 5.32. The first-order valence-corrected chi connectivity index (χ1v) is 9.35. The van der Waals surface area contributed by atoms with Crippen LogP contribution in [0.15, 0.2) is 18.2 Å². The summed E-state index contributed by atoms with van der Waals surface area (Å²) in [6.07, 6.45) is 3.79. The number of hydrogen-bond acceptors (Lipinski definition) is 3. The summed E-state index contributed by atoms with van der Waals surface area (Å²) in [5, 5.41) is 3.98. The van der Waals surface area contributed by atoms with Crippen molar-refractivity contribution in [1.82, 2.24) is 15.1 Å². The van der Waals surface area contributed by atoms with Crippen LogP contribution in [-0.2, 0) is 11.3 Å². The fourth-order valence-corrected chi connectivity index (χ4v) is 4.19. The van der Waals surface area contributed by atoms with Crippen LogP contribution < -0.4 is 5.32 Å². The highest BCUT2D eigenvalue weighted by atomic mass is 35.5. The number of benzene rings is 1. The molecule has 2 atom stereocenters. The molecule has 1 N–H and O–H groups in total. The molecule has 3 rings (SSSR count).